The van der Waals surface area contributed by atoms with E-state index in [0.29, 0.717) is 18.3 Å². The van der Waals surface area contributed by atoms with E-state index < -0.39 is 0 Å². The minimum absolute atomic E-state index is 0.0337. The maximum Gasteiger partial charge on any atom is 0.257 e. The van der Waals surface area contributed by atoms with Gasteiger partial charge in [0.2, 0.25) is 5.89 Å². The largest absolute Gasteiger partial charge is 0.417 e. The van der Waals surface area contributed by atoms with Crippen molar-refractivity contribution in [2.75, 3.05) is 0 Å². The molecule has 0 amide bonds. The lowest BCUT2D eigenvalue weighted by molar-refractivity contribution is 0.111. The number of benzene rings is 2. The minimum atomic E-state index is 0.0337. The monoisotopic (exact) mass is 402 g/mol. The lowest BCUT2D eigenvalue weighted by Crippen LogP contribution is -2.14. The van der Waals surface area contributed by atoms with Gasteiger partial charge in [-0.1, -0.05) is 41.6 Å². The van der Waals surface area contributed by atoms with Crippen LogP contribution in [0.4, 0.5) is 0 Å². The normalized spacial score (nSPS) is 11.6. The summed E-state index contributed by atoms with van der Waals surface area (Å²) in [6.45, 7) is 4.71. The van der Waals surface area contributed by atoms with Crippen LogP contribution in [-0.2, 0) is 18.0 Å². The average Bonchev–Trinajstić information content (AvgIpc) is 3.35. The summed E-state index contributed by atoms with van der Waals surface area (Å²) in [5, 5.41) is 16.5. The Bertz CT molecular complexity index is 1160. The third-order valence-electron chi connectivity index (χ3n) is 4.50. The molecule has 2 aromatic carbocycles. The van der Waals surface area contributed by atoms with Crippen LogP contribution < -0.4 is 5.73 Å². The van der Waals surface area contributed by atoms with Crippen molar-refractivity contribution in [1.29, 1.82) is 0 Å². The van der Waals surface area contributed by atoms with Crippen LogP contribution in [-0.4, -0.2) is 25.8 Å². The van der Waals surface area contributed by atoms with E-state index in [-0.39, 0.29) is 12.4 Å². The second-order valence-electron chi connectivity index (χ2n) is 6.90. The minimum Gasteiger partial charge on any atom is -0.417 e. The van der Waals surface area contributed by atoms with Crippen molar-refractivity contribution < 1.29 is 9.25 Å². The third kappa shape index (κ3) is 4.54. The fraction of sp³-hybridized carbons (Fsp3) is 0.182. The molecule has 2 aromatic heterocycles. The van der Waals surface area contributed by atoms with Gasteiger partial charge < -0.3 is 15.0 Å². The standard InChI is InChI=1S/C22H22N6O2/c1-15-11-16(2)28(26-15)13-17-7-6-10-19(12-17)21(23)27-29-14-20-24-25-22(30-20)18-8-4-3-5-9-18/h3-12H,13-14H2,1-2H3,(H2,23,27). The smallest absolute Gasteiger partial charge is 0.257 e. The molecule has 0 bridgehead atoms. The molecule has 0 radical (unpaired) electrons. The first kappa shape index (κ1) is 19.4. The predicted molar refractivity (Wildman–Crippen MR) is 112 cm³/mol. The topological polar surface area (TPSA) is 104 Å². The zero-order chi connectivity index (χ0) is 20.9. The fourth-order valence-corrected chi connectivity index (χ4v) is 3.06. The lowest BCUT2D eigenvalue weighted by atomic mass is 10.1. The van der Waals surface area contributed by atoms with Crippen LogP contribution in [0.15, 0.2) is 70.2 Å². The molecule has 0 aliphatic heterocycles. The van der Waals surface area contributed by atoms with Gasteiger partial charge >= 0.3 is 0 Å². The summed E-state index contributed by atoms with van der Waals surface area (Å²) in [6.07, 6.45) is 0. The number of aryl methyl sites for hydroxylation is 2. The number of hydrogen-bond acceptors (Lipinski definition) is 6. The van der Waals surface area contributed by atoms with E-state index in [0.717, 1.165) is 28.1 Å². The van der Waals surface area contributed by atoms with Gasteiger partial charge in [0.05, 0.1) is 12.2 Å². The molecule has 4 aromatic rings. The highest BCUT2D eigenvalue weighted by Crippen LogP contribution is 2.17. The Morgan fingerprint density at radius 2 is 1.90 bits per heavy atom. The molecule has 2 heterocycles. The Morgan fingerprint density at radius 3 is 2.67 bits per heavy atom. The van der Waals surface area contributed by atoms with Crippen molar-refractivity contribution in [2.45, 2.75) is 27.0 Å². The summed E-state index contributed by atoms with van der Waals surface area (Å²) < 4.78 is 7.55. The summed E-state index contributed by atoms with van der Waals surface area (Å²) in [5.41, 5.74) is 10.9. The van der Waals surface area contributed by atoms with E-state index in [1.54, 1.807) is 0 Å². The Hall–Kier alpha value is -3.94. The van der Waals surface area contributed by atoms with Crippen LogP contribution in [0.5, 0.6) is 0 Å². The number of nitrogens with zero attached hydrogens (tertiary/aromatic N) is 5. The molecule has 2 N–H and O–H groups in total. The number of nitrogens with two attached hydrogens (primary N) is 1. The molecule has 8 nitrogen and oxygen atoms in total. The van der Waals surface area contributed by atoms with E-state index in [1.807, 2.05) is 79.2 Å². The second-order valence-corrected chi connectivity index (χ2v) is 6.90. The highest BCUT2D eigenvalue weighted by Gasteiger charge is 2.09. The fourth-order valence-electron chi connectivity index (χ4n) is 3.06. The van der Waals surface area contributed by atoms with Crippen molar-refractivity contribution in [3.8, 4) is 11.5 Å². The molecule has 0 fully saturated rings. The van der Waals surface area contributed by atoms with Gasteiger partial charge in [-0.3, -0.25) is 4.68 Å². The van der Waals surface area contributed by atoms with Crippen LogP contribution in [0.2, 0.25) is 0 Å². The van der Waals surface area contributed by atoms with E-state index in [4.69, 9.17) is 15.0 Å². The highest BCUT2D eigenvalue weighted by molar-refractivity contribution is 5.97. The molecular weight excluding hydrogens is 380 g/mol. The van der Waals surface area contributed by atoms with Gasteiger partial charge in [0.15, 0.2) is 12.4 Å². The Labute approximate surface area is 174 Å². The van der Waals surface area contributed by atoms with Gasteiger partial charge in [-0.05, 0) is 43.7 Å². The SMILES string of the molecule is Cc1cc(C)n(Cc2cccc(/C(N)=N/OCc3nnc(-c4ccccc4)o3)c2)n1. The molecule has 0 saturated heterocycles. The Balaban J connectivity index is 1.39. The summed E-state index contributed by atoms with van der Waals surface area (Å²) >= 11 is 0. The summed E-state index contributed by atoms with van der Waals surface area (Å²) in [6, 6.07) is 19.4. The predicted octanol–water partition coefficient (Wildman–Crippen LogP) is 3.44. The summed E-state index contributed by atoms with van der Waals surface area (Å²) in [5.74, 6) is 1.03. The Morgan fingerprint density at radius 1 is 1.07 bits per heavy atom. The molecule has 8 heteroatoms. The van der Waals surface area contributed by atoms with Gasteiger partial charge in [0.25, 0.3) is 5.89 Å². The maximum atomic E-state index is 6.09. The van der Waals surface area contributed by atoms with Crippen LogP contribution in [0.1, 0.15) is 28.4 Å². The molecular formula is C22H22N6O2. The average molecular weight is 402 g/mol. The van der Waals surface area contributed by atoms with Crippen LogP contribution in [0.3, 0.4) is 0 Å². The molecule has 0 spiro atoms. The van der Waals surface area contributed by atoms with Crippen LogP contribution in [0, 0.1) is 13.8 Å². The first-order valence-corrected chi connectivity index (χ1v) is 9.52. The van der Waals surface area contributed by atoms with Gasteiger partial charge in [0, 0.05) is 16.8 Å². The number of hydrogen-bond donors (Lipinski definition) is 1. The summed E-state index contributed by atoms with van der Waals surface area (Å²) in [7, 11) is 0. The van der Waals surface area contributed by atoms with E-state index >= 15 is 0 Å². The highest BCUT2D eigenvalue weighted by atomic mass is 16.6. The molecule has 0 unspecified atom stereocenters. The molecule has 4 rings (SSSR count). The second kappa shape index (κ2) is 8.60. The first-order valence-electron chi connectivity index (χ1n) is 9.52. The van der Waals surface area contributed by atoms with Crippen molar-refractivity contribution in [3.05, 3.63) is 89.1 Å². The number of rotatable bonds is 7. The van der Waals surface area contributed by atoms with Gasteiger partial charge in [-0.25, -0.2) is 0 Å². The molecule has 0 saturated carbocycles. The molecule has 0 aliphatic carbocycles. The molecule has 0 atom stereocenters. The van der Waals surface area contributed by atoms with E-state index in [2.05, 4.69) is 20.5 Å². The zero-order valence-electron chi connectivity index (χ0n) is 16.8. The third-order valence-corrected chi connectivity index (χ3v) is 4.50. The Kier molecular flexibility index (Phi) is 5.56. The lowest BCUT2D eigenvalue weighted by Gasteiger charge is -2.07. The zero-order valence-corrected chi connectivity index (χ0v) is 16.8. The quantitative estimate of drug-likeness (QED) is 0.288. The van der Waals surface area contributed by atoms with Crippen molar-refractivity contribution in [3.63, 3.8) is 0 Å². The van der Waals surface area contributed by atoms with Gasteiger partial charge in [-0.15, -0.1) is 10.2 Å². The van der Waals surface area contributed by atoms with E-state index in [9.17, 15) is 0 Å². The van der Waals surface area contributed by atoms with Crippen molar-refractivity contribution >= 4 is 5.84 Å². The van der Waals surface area contributed by atoms with Gasteiger partial charge in [0.1, 0.15) is 0 Å². The molecule has 152 valence electrons. The van der Waals surface area contributed by atoms with Gasteiger partial charge in [-0.2, -0.15) is 5.10 Å². The molecule has 30 heavy (non-hydrogen) atoms. The maximum absolute atomic E-state index is 6.09. The van der Waals surface area contributed by atoms with E-state index in [1.165, 1.54) is 0 Å². The number of oxime groups is 1. The van der Waals surface area contributed by atoms with Crippen molar-refractivity contribution in [2.24, 2.45) is 10.9 Å². The van der Waals surface area contributed by atoms with Crippen LogP contribution in [0.25, 0.3) is 11.5 Å². The summed E-state index contributed by atoms with van der Waals surface area (Å²) in [4.78, 5) is 5.31. The van der Waals surface area contributed by atoms with Crippen LogP contribution >= 0.6 is 0 Å². The first-order chi connectivity index (χ1) is 14.6. The van der Waals surface area contributed by atoms with Crippen molar-refractivity contribution in [1.82, 2.24) is 20.0 Å². The molecule has 0 aliphatic rings. The number of amidine groups is 1. The number of aromatic nitrogens is 4.